The Balaban J connectivity index is 2.54. The lowest BCUT2D eigenvalue weighted by Gasteiger charge is -2.02. The fourth-order valence-electron chi connectivity index (χ4n) is 0.701. The minimum atomic E-state index is -0.306. The molecular weight excluding hydrogens is 168 g/mol. The maximum absolute atomic E-state index is 11.2. The lowest BCUT2D eigenvalue weighted by atomic mass is 10.4. The van der Waals surface area contributed by atoms with Crippen LogP contribution in [-0.4, -0.2) is 22.4 Å². The van der Waals surface area contributed by atoms with Crippen LogP contribution < -0.4 is 11.1 Å². The summed E-state index contributed by atoms with van der Waals surface area (Å²) in [7, 11) is 0. The van der Waals surface area contributed by atoms with Gasteiger partial charge in [-0.3, -0.25) is 9.78 Å². The van der Waals surface area contributed by atoms with E-state index < -0.39 is 0 Å². The van der Waals surface area contributed by atoms with Crippen LogP contribution in [0.4, 0.5) is 0 Å². The zero-order chi connectivity index (χ0) is 9.68. The van der Waals surface area contributed by atoms with Crippen LogP contribution in [0.15, 0.2) is 30.9 Å². The van der Waals surface area contributed by atoms with Crippen molar-refractivity contribution in [2.24, 2.45) is 5.73 Å². The molecule has 0 aliphatic rings. The molecule has 0 saturated carbocycles. The SMILES string of the molecule is C=C(N)CNC(=O)c1cnccn1. The van der Waals surface area contributed by atoms with Crippen LogP contribution in [0.1, 0.15) is 10.5 Å². The monoisotopic (exact) mass is 178 g/mol. The van der Waals surface area contributed by atoms with Crippen LogP contribution in [0.3, 0.4) is 0 Å². The Morgan fingerprint density at radius 1 is 1.62 bits per heavy atom. The second-order valence-electron chi connectivity index (χ2n) is 2.43. The van der Waals surface area contributed by atoms with Gasteiger partial charge >= 0.3 is 0 Å². The molecule has 68 valence electrons. The van der Waals surface area contributed by atoms with Crippen LogP contribution in [0.2, 0.25) is 0 Å². The standard InChI is InChI=1S/C8H10N4O/c1-6(9)4-12-8(13)7-5-10-2-3-11-7/h2-3,5H,1,4,9H2,(H,12,13). The number of hydrogen-bond acceptors (Lipinski definition) is 4. The number of carbonyl (C=O) groups is 1. The van der Waals surface area contributed by atoms with Crippen molar-refractivity contribution in [3.8, 4) is 0 Å². The Bertz CT molecular complexity index is 309. The zero-order valence-electron chi connectivity index (χ0n) is 7.03. The molecular formula is C8H10N4O. The molecule has 0 fully saturated rings. The van der Waals surface area contributed by atoms with Gasteiger partial charge in [0.15, 0.2) is 0 Å². The van der Waals surface area contributed by atoms with E-state index in [4.69, 9.17) is 5.73 Å². The van der Waals surface area contributed by atoms with E-state index in [9.17, 15) is 4.79 Å². The molecule has 0 unspecified atom stereocenters. The van der Waals surface area contributed by atoms with E-state index in [1.807, 2.05) is 0 Å². The van der Waals surface area contributed by atoms with Crippen LogP contribution in [0.25, 0.3) is 0 Å². The van der Waals surface area contributed by atoms with Gasteiger partial charge in [-0.25, -0.2) is 4.98 Å². The fraction of sp³-hybridized carbons (Fsp3) is 0.125. The molecule has 0 bridgehead atoms. The molecule has 0 radical (unpaired) electrons. The Kier molecular flexibility index (Phi) is 2.97. The average molecular weight is 178 g/mol. The Morgan fingerprint density at radius 2 is 2.38 bits per heavy atom. The molecule has 13 heavy (non-hydrogen) atoms. The lowest BCUT2D eigenvalue weighted by molar-refractivity contribution is 0.0951. The van der Waals surface area contributed by atoms with E-state index in [0.717, 1.165) is 0 Å². The third-order valence-corrected chi connectivity index (χ3v) is 1.27. The number of rotatable bonds is 3. The van der Waals surface area contributed by atoms with Gasteiger partial charge in [0.2, 0.25) is 0 Å². The third-order valence-electron chi connectivity index (χ3n) is 1.27. The van der Waals surface area contributed by atoms with Crippen LogP contribution in [0, 0.1) is 0 Å². The van der Waals surface area contributed by atoms with Gasteiger partial charge in [-0.05, 0) is 0 Å². The summed E-state index contributed by atoms with van der Waals surface area (Å²) in [4.78, 5) is 18.8. The molecule has 0 spiro atoms. The average Bonchev–Trinajstić information content (AvgIpc) is 2.15. The van der Waals surface area contributed by atoms with Crippen molar-refractivity contribution in [3.05, 3.63) is 36.6 Å². The van der Waals surface area contributed by atoms with E-state index in [-0.39, 0.29) is 18.1 Å². The van der Waals surface area contributed by atoms with Crippen molar-refractivity contribution in [2.45, 2.75) is 0 Å². The van der Waals surface area contributed by atoms with Crippen LogP contribution >= 0.6 is 0 Å². The predicted molar refractivity (Wildman–Crippen MR) is 47.7 cm³/mol. The van der Waals surface area contributed by atoms with Gasteiger partial charge < -0.3 is 11.1 Å². The Hall–Kier alpha value is -1.91. The first-order valence-electron chi connectivity index (χ1n) is 3.67. The molecule has 0 atom stereocenters. The summed E-state index contributed by atoms with van der Waals surface area (Å²) >= 11 is 0. The van der Waals surface area contributed by atoms with Crippen molar-refractivity contribution in [1.29, 1.82) is 0 Å². The van der Waals surface area contributed by atoms with E-state index in [1.54, 1.807) is 0 Å². The van der Waals surface area contributed by atoms with Crippen molar-refractivity contribution in [1.82, 2.24) is 15.3 Å². The van der Waals surface area contributed by atoms with Crippen molar-refractivity contribution >= 4 is 5.91 Å². The molecule has 3 N–H and O–H groups in total. The fourth-order valence-corrected chi connectivity index (χ4v) is 0.701. The molecule has 1 aromatic heterocycles. The predicted octanol–water partition coefficient (Wildman–Crippen LogP) is -0.321. The molecule has 1 amide bonds. The van der Waals surface area contributed by atoms with Gasteiger partial charge in [0.1, 0.15) is 5.69 Å². The van der Waals surface area contributed by atoms with Gasteiger partial charge in [-0.15, -0.1) is 0 Å². The third kappa shape index (κ3) is 2.90. The summed E-state index contributed by atoms with van der Waals surface area (Å²) in [5.74, 6) is -0.306. The highest BCUT2D eigenvalue weighted by Gasteiger charge is 2.04. The van der Waals surface area contributed by atoms with Crippen LogP contribution in [-0.2, 0) is 0 Å². The number of carbonyl (C=O) groups excluding carboxylic acids is 1. The molecule has 1 rings (SSSR count). The summed E-state index contributed by atoms with van der Waals surface area (Å²) in [5, 5.41) is 2.53. The van der Waals surface area contributed by atoms with Crippen molar-refractivity contribution in [3.63, 3.8) is 0 Å². The maximum Gasteiger partial charge on any atom is 0.271 e. The molecule has 1 aromatic rings. The highest BCUT2D eigenvalue weighted by Crippen LogP contribution is 1.89. The van der Waals surface area contributed by atoms with Crippen LogP contribution in [0.5, 0.6) is 0 Å². The molecule has 0 aromatic carbocycles. The summed E-state index contributed by atoms with van der Waals surface area (Å²) in [6.45, 7) is 3.69. The number of nitrogens with two attached hydrogens (primary N) is 1. The summed E-state index contributed by atoms with van der Waals surface area (Å²) in [6, 6.07) is 0. The van der Waals surface area contributed by atoms with Gasteiger partial charge in [-0.2, -0.15) is 0 Å². The summed E-state index contributed by atoms with van der Waals surface area (Å²) < 4.78 is 0. The Morgan fingerprint density at radius 3 is 2.92 bits per heavy atom. The van der Waals surface area contributed by atoms with E-state index in [0.29, 0.717) is 5.70 Å². The quantitative estimate of drug-likeness (QED) is 0.664. The smallest absolute Gasteiger partial charge is 0.271 e. The van der Waals surface area contributed by atoms with E-state index in [2.05, 4.69) is 21.9 Å². The van der Waals surface area contributed by atoms with Crippen molar-refractivity contribution < 1.29 is 4.79 Å². The summed E-state index contributed by atoms with van der Waals surface area (Å²) in [6.07, 6.45) is 4.33. The van der Waals surface area contributed by atoms with Gasteiger partial charge in [0.25, 0.3) is 5.91 Å². The maximum atomic E-state index is 11.2. The Labute approximate surface area is 75.7 Å². The highest BCUT2D eigenvalue weighted by molar-refractivity contribution is 5.91. The molecule has 5 heteroatoms. The first-order valence-corrected chi connectivity index (χ1v) is 3.67. The topological polar surface area (TPSA) is 80.9 Å². The number of hydrogen-bond donors (Lipinski definition) is 2. The first-order chi connectivity index (χ1) is 6.20. The summed E-state index contributed by atoms with van der Waals surface area (Å²) in [5.41, 5.74) is 5.94. The number of aromatic nitrogens is 2. The van der Waals surface area contributed by atoms with Gasteiger partial charge in [0, 0.05) is 18.1 Å². The minimum absolute atomic E-state index is 0.245. The van der Waals surface area contributed by atoms with Gasteiger partial charge in [-0.1, -0.05) is 6.58 Å². The molecule has 0 aliphatic carbocycles. The van der Waals surface area contributed by atoms with E-state index >= 15 is 0 Å². The molecule has 5 nitrogen and oxygen atoms in total. The second kappa shape index (κ2) is 4.20. The molecule has 0 aliphatic heterocycles. The lowest BCUT2D eigenvalue weighted by Crippen LogP contribution is -2.28. The minimum Gasteiger partial charge on any atom is -0.401 e. The first kappa shape index (κ1) is 9.18. The molecule has 0 saturated heterocycles. The zero-order valence-corrected chi connectivity index (χ0v) is 7.03. The largest absolute Gasteiger partial charge is 0.401 e. The number of nitrogens with one attached hydrogen (secondary N) is 1. The highest BCUT2D eigenvalue weighted by atomic mass is 16.1. The molecule has 1 heterocycles. The number of nitrogens with zero attached hydrogens (tertiary/aromatic N) is 2. The van der Waals surface area contributed by atoms with E-state index in [1.165, 1.54) is 18.6 Å². The normalized spacial score (nSPS) is 9.23. The number of amides is 1. The van der Waals surface area contributed by atoms with Gasteiger partial charge in [0.05, 0.1) is 12.7 Å². The second-order valence-corrected chi connectivity index (χ2v) is 2.43. The van der Waals surface area contributed by atoms with Crippen molar-refractivity contribution in [2.75, 3.05) is 6.54 Å².